The largest absolute Gasteiger partial charge is 0.489 e. The minimum absolute atomic E-state index is 0.0156. The number of benzene rings is 2. The summed E-state index contributed by atoms with van der Waals surface area (Å²) < 4.78 is 11.7. The molecule has 0 bridgehead atoms. The zero-order chi connectivity index (χ0) is 29.5. The number of aliphatic carboxylic acids is 1. The number of rotatable bonds is 8. The predicted octanol–water partition coefficient (Wildman–Crippen LogP) is 4.58. The number of ether oxygens (including phenoxy) is 2. The van der Waals surface area contributed by atoms with E-state index in [-0.39, 0.29) is 41.6 Å². The molecule has 0 spiro atoms. The Bertz CT molecular complexity index is 1460. The molecule has 2 aliphatic heterocycles. The highest BCUT2D eigenvalue weighted by Crippen LogP contribution is 2.59. The zero-order valence-corrected chi connectivity index (χ0v) is 24.5. The van der Waals surface area contributed by atoms with E-state index in [1.165, 1.54) is 0 Å². The van der Waals surface area contributed by atoms with Crippen LogP contribution in [-0.2, 0) is 16.1 Å². The molecule has 214 valence electrons. The van der Waals surface area contributed by atoms with E-state index in [9.17, 15) is 9.59 Å². The van der Waals surface area contributed by atoms with E-state index in [1.807, 2.05) is 23.1 Å². The van der Waals surface area contributed by atoms with E-state index >= 15 is 0 Å². The molecule has 2 aromatic carbocycles. The number of carbonyl (C=O) groups excluding carboxylic acids is 1. The molecule has 1 saturated heterocycles. The van der Waals surface area contributed by atoms with Gasteiger partial charge in [-0.3, -0.25) is 9.69 Å². The number of nitrogens with zero attached hydrogens (tertiary/aromatic N) is 3. The lowest BCUT2D eigenvalue weighted by molar-refractivity contribution is -0.199. The molecule has 1 N–H and O–H groups in total. The minimum atomic E-state index is -0.947. The molecule has 8 nitrogen and oxygen atoms in total. The van der Waals surface area contributed by atoms with Crippen LogP contribution in [0.15, 0.2) is 36.4 Å². The van der Waals surface area contributed by atoms with Crippen LogP contribution in [0.2, 0.25) is 5.02 Å². The van der Waals surface area contributed by atoms with Crippen LogP contribution >= 0.6 is 11.6 Å². The van der Waals surface area contributed by atoms with E-state index in [4.69, 9.17) is 31.4 Å². The molecule has 2 aromatic rings. The number of carbonyl (C=O) groups is 2. The van der Waals surface area contributed by atoms with Gasteiger partial charge in [0, 0.05) is 66.7 Å². The van der Waals surface area contributed by atoms with Crippen molar-refractivity contribution in [3.8, 4) is 23.7 Å². The summed E-state index contributed by atoms with van der Waals surface area (Å²) in [5, 5.41) is 18.2. The number of halogens is 1. The van der Waals surface area contributed by atoms with Crippen molar-refractivity contribution in [3.63, 3.8) is 0 Å². The Kier molecular flexibility index (Phi) is 7.78. The fraction of sp³-hybridized carbons (Fsp3) is 0.469. The topological polar surface area (TPSA) is 103 Å². The third kappa shape index (κ3) is 5.53. The molecular weight excluding hydrogens is 542 g/mol. The van der Waals surface area contributed by atoms with E-state index in [1.54, 1.807) is 18.2 Å². The number of amides is 1. The lowest BCUT2D eigenvalue weighted by Gasteiger charge is -2.65. The first-order chi connectivity index (χ1) is 19.4. The number of hydrogen-bond acceptors (Lipinski definition) is 6. The summed E-state index contributed by atoms with van der Waals surface area (Å²) in [6.07, 6.45) is 0.523. The quantitative estimate of drug-likeness (QED) is 0.460. The number of carboxylic acids is 1. The SMILES string of the molecule is CC1(C)C(Oc2ccc(C#N)c(Cl)c2)C(C)(C)C1N1Cc2cc(C#CCCN3CC(OCC(=O)O)C3)ccc2C1=O. The van der Waals surface area contributed by atoms with E-state index in [0.29, 0.717) is 29.3 Å². The Hall–Kier alpha value is -3.56. The Morgan fingerprint density at radius 1 is 1.15 bits per heavy atom. The van der Waals surface area contributed by atoms with Crippen LogP contribution in [0, 0.1) is 34.0 Å². The molecule has 9 heteroatoms. The number of fused-ring (bicyclic) bond motifs is 1. The van der Waals surface area contributed by atoms with E-state index in [0.717, 1.165) is 36.3 Å². The van der Waals surface area contributed by atoms with E-state index in [2.05, 4.69) is 50.5 Å². The summed E-state index contributed by atoms with van der Waals surface area (Å²) in [6, 6.07) is 12.9. The van der Waals surface area contributed by atoms with Crippen molar-refractivity contribution in [3.05, 3.63) is 63.7 Å². The summed E-state index contributed by atoms with van der Waals surface area (Å²) in [7, 11) is 0. The number of hydrogen-bond donors (Lipinski definition) is 1. The van der Waals surface area contributed by atoms with Gasteiger partial charge in [-0.25, -0.2) is 4.79 Å². The summed E-state index contributed by atoms with van der Waals surface area (Å²) in [5.74, 6) is 6.14. The second-order valence-corrected chi connectivity index (χ2v) is 12.6. The molecular formula is C32H34ClN3O5. The first kappa shape index (κ1) is 29.0. The molecule has 41 heavy (non-hydrogen) atoms. The molecule has 1 amide bonds. The third-order valence-corrected chi connectivity index (χ3v) is 8.79. The van der Waals surface area contributed by atoms with Crippen LogP contribution < -0.4 is 4.74 Å². The number of carboxylic acid groups (broad SMARTS) is 1. The molecule has 0 aromatic heterocycles. The summed E-state index contributed by atoms with van der Waals surface area (Å²) in [4.78, 5) is 28.3. The first-order valence-electron chi connectivity index (χ1n) is 13.8. The van der Waals surface area contributed by atoms with Crippen LogP contribution in [0.25, 0.3) is 0 Å². The highest BCUT2D eigenvalue weighted by molar-refractivity contribution is 6.31. The predicted molar refractivity (Wildman–Crippen MR) is 154 cm³/mol. The monoisotopic (exact) mass is 575 g/mol. The van der Waals surface area contributed by atoms with Gasteiger partial charge in [0.05, 0.1) is 16.7 Å². The molecule has 3 aliphatic rings. The second-order valence-electron chi connectivity index (χ2n) is 12.2. The van der Waals surface area contributed by atoms with Crippen LogP contribution in [0.1, 0.15) is 61.2 Å². The second kappa shape index (κ2) is 11.0. The smallest absolute Gasteiger partial charge is 0.329 e. The molecule has 1 aliphatic carbocycles. The highest BCUT2D eigenvalue weighted by Gasteiger charge is 2.67. The van der Waals surface area contributed by atoms with E-state index < -0.39 is 5.97 Å². The van der Waals surface area contributed by atoms with Crippen LogP contribution in [0.5, 0.6) is 5.75 Å². The van der Waals surface area contributed by atoms with Crippen molar-refractivity contribution in [1.82, 2.24) is 9.80 Å². The van der Waals surface area contributed by atoms with Gasteiger partial charge < -0.3 is 19.5 Å². The maximum absolute atomic E-state index is 13.5. The third-order valence-electron chi connectivity index (χ3n) is 8.48. The molecule has 0 atom stereocenters. The summed E-state index contributed by atoms with van der Waals surface area (Å²) >= 11 is 6.23. The average molecular weight is 576 g/mol. The van der Waals surface area contributed by atoms with Gasteiger partial charge in [0.2, 0.25) is 0 Å². The fourth-order valence-corrected chi connectivity index (χ4v) is 7.23. The highest BCUT2D eigenvalue weighted by atomic mass is 35.5. The maximum atomic E-state index is 13.5. The number of nitriles is 1. The Labute approximate surface area is 245 Å². The van der Waals surface area contributed by atoms with Crippen molar-refractivity contribution < 1.29 is 24.2 Å². The fourth-order valence-electron chi connectivity index (χ4n) is 7.02. The zero-order valence-electron chi connectivity index (χ0n) is 23.7. The Morgan fingerprint density at radius 2 is 1.88 bits per heavy atom. The number of likely N-dealkylation sites (tertiary alicyclic amines) is 1. The van der Waals surface area contributed by atoms with Gasteiger partial charge in [-0.1, -0.05) is 51.1 Å². The molecule has 2 fully saturated rings. The van der Waals surface area contributed by atoms with Gasteiger partial charge in [0.1, 0.15) is 24.5 Å². The van der Waals surface area contributed by atoms with Gasteiger partial charge in [0.25, 0.3) is 5.91 Å². The van der Waals surface area contributed by atoms with Crippen LogP contribution in [-0.4, -0.2) is 71.3 Å². The van der Waals surface area contributed by atoms with Gasteiger partial charge in [-0.15, -0.1) is 0 Å². The molecule has 0 radical (unpaired) electrons. The summed E-state index contributed by atoms with van der Waals surface area (Å²) in [5.41, 5.74) is 2.35. The maximum Gasteiger partial charge on any atom is 0.329 e. The molecule has 5 rings (SSSR count). The lowest BCUT2D eigenvalue weighted by atomic mass is 9.49. The van der Waals surface area contributed by atoms with Crippen molar-refractivity contribution >= 4 is 23.5 Å². The Morgan fingerprint density at radius 3 is 2.54 bits per heavy atom. The first-order valence-corrected chi connectivity index (χ1v) is 14.1. The van der Waals surface area contributed by atoms with Crippen molar-refractivity contribution in [2.24, 2.45) is 10.8 Å². The standard InChI is InChI=1S/C32H34ClN3O5/c1-31(2)29(32(3,4)30(31)41-23-10-9-21(15-34)26(33)14-23)36-16-22-13-20(8-11-25(22)28(36)39)7-5-6-12-35-17-24(18-35)40-19-27(37)38/h8-11,13-14,24,29-30H,6,12,16-19H2,1-4H3,(H,37,38). The lowest BCUT2D eigenvalue weighted by Crippen LogP contribution is -2.74. The van der Waals surface area contributed by atoms with Crippen molar-refractivity contribution in [2.45, 2.75) is 58.9 Å². The molecule has 2 heterocycles. The van der Waals surface area contributed by atoms with Crippen LogP contribution in [0.3, 0.4) is 0 Å². The van der Waals surface area contributed by atoms with Crippen LogP contribution in [0.4, 0.5) is 0 Å². The van der Waals surface area contributed by atoms with Gasteiger partial charge >= 0.3 is 5.97 Å². The Balaban J connectivity index is 1.20. The van der Waals surface area contributed by atoms with Gasteiger partial charge in [0.15, 0.2) is 0 Å². The summed E-state index contributed by atoms with van der Waals surface area (Å²) in [6.45, 7) is 11.1. The average Bonchev–Trinajstić information content (AvgIpc) is 3.19. The molecule has 0 unspecified atom stereocenters. The van der Waals surface area contributed by atoms with Crippen molar-refractivity contribution in [2.75, 3.05) is 26.2 Å². The van der Waals surface area contributed by atoms with Crippen molar-refractivity contribution in [1.29, 1.82) is 5.26 Å². The normalized spacial score (nSPS) is 22.5. The van der Waals surface area contributed by atoms with Gasteiger partial charge in [-0.05, 0) is 35.9 Å². The van der Waals surface area contributed by atoms with Gasteiger partial charge in [-0.2, -0.15) is 5.26 Å². The minimum Gasteiger partial charge on any atom is -0.489 e. The molecule has 1 saturated carbocycles.